The summed E-state index contributed by atoms with van der Waals surface area (Å²) in [6.45, 7) is 7.37. The van der Waals surface area contributed by atoms with Crippen LogP contribution in [0.1, 0.15) is 28.1 Å². The molecular formula is C20H25N5O. The first-order valence-electron chi connectivity index (χ1n) is 8.68. The Labute approximate surface area is 153 Å². The molecule has 3 rings (SSSR count). The standard InChI is InChI=1S/C20H25N5O/c1-13-14(2)21-19(22-20(13)26)17-8-6-16(7-9-17)10-24(4)11-18-12-25(5)23-15(18)3/h6-9,12H,10-11H2,1-5H3,(H,21,22,26). The summed E-state index contributed by atoms with van der Waals surface area (Å²) in [5.74, 6) is 0.615. The van der Waals surface area contributed by atoms with Crippen molar-refractivity contribution in [2.45, 2.75) is 33.9 Å². The predicted molar refractivity (Wildman–Crippen MR) is 103 cm³/mol. The zero-order valence-electron chi connectivity index (χ0n) is 16.0. The molecule has 1 N–H and O–H groups in total. The molecule has 0 saturated heterocycles. The van der Waals surface area contributed by atoms with Crippen molar-refractivity contribution < 1.29 is 0 Å². The van der Waals surface area contributed by atoms with Gasteiger partial charge in [-0.15, -0.1) is 0 Å². The number of benzene rings is 1. The van der Waals surface area contributed by atoms with E-state index < -0.39 is 0 Å². The van der Waals surface area contributed by atoms with Gasteiger partial charge >= 0.3 is 0 Å². The van der Waals surface area contributed by atoms with Crippen LogP contribution in [0.5, 0.6) is 0 Å². The van der Waals surface area contributed by atoms with Gasteiger partial charge in [-0.1, -0.05) is 24.3 Å². The summed E-state index contributed by atoms with van der Waals surface area (Å²) in [6, 6.07) is 8.17. The van der Waals surface area contributed by atoms with Crippen molar-refractivity contribution in [2.75, 3.05) is 7.05 Å². The van der Waals surface area contributed by atoms with Gasteiger partial charge in [-0.05, 0) is 33.4 Å². The molecule has 136 valence electrons. The van der Waals surface area contributed by atoms with Crippen molar-refractivity contribution in [3.05, 3.63) is 68.9 Å². The van der Waals surface area contributed by atoms with Crippen LogP contribution in [0, 0.1) is 20.8 Å². The fraction of sp³-hybridized carbons (Fsp3) is 0.350. The van der Waals surface area contributed by atoms with Crippen molar-refractivity contribution in [3.8, 4) is 11.4 Å². The normalized spacial score (nSPS) is 11.3. The summed E-state index contributed by atoms with van der Waals surface area (Å²) in [5, 5.41) is 4.39. The van der Waals surface area contributed by atoms with Gasteiger partial charge in [0.2, 0.25) is 0 Å². The Morgan fingerprint density at radius 1 is 1.08 bits per heavy atom. The molecule has 0 aliphatic heterocycles. The maximum atomic E-state index is 11.9. The lowest BCUT2D eigenvalue weighted by atomic mass is 10.1. The van der Waals surface area contributed by atoms with E-state index in [0.29, 0.717) is 11.4 Å². The Hall–Kier alpha value is -2.73. The SMILES string of the molecule is Cc1nn(C)cc1CN(C)Cc1ccc(-c2nc(C)c(C)c(=O)[nH]2)cc1. The molecule has 0 spiro atoms. The highest BCUT2D eigenvalue weighted by Gasteiger charge is 2.09. The van der Waals surface area contributed by atoms with Crippen molar-refractivity contribution in [1.29, 1.82) is 0 Å². The minimum absolute atomic E-state index is 0.0804. The Balaban J connectivity index is 1.71. The highest BCUT2D eigenvalue weighted by atomic mass is 16.1. The zero-order valence-corrected chi connectivity index (χ0v) is 16.0. The summed E-state index contributed by atoms with van der Waals surface area (Å²) < 4.78 is 1.85. The van der Waals surface area contributed by atoms with E-state index in [1.807, 2.05) is 37.7 Å². The molecule has 0 fully saturated rings. The number of aryl methyl sites for hydroxylation is 3. The molecule has 0 aliphatic rings. The Morgan fingerprint density at radius 2 is 1.77 bits per heavy atom. The monoisotopic (exact) mass is 351 g/mol. The number of nitrogens with zero attached hydrogens (tertiary/aromatic N) is 4. The number of hydrogen-bond donors (Lipinski definition) is 1. The smallest absolute Gasteiger partial charge is 0.254 e. The molecule has 0 saturated carbocycles. The van der Waals surface area contributed by atoms with E-state index >= 15 is 0 Å². The van der Waals surface area contributed by atoms with Gasteiger partial charge in [0.05, 0.1) is 5.69 Å². The molecule has 0 amide bonds. The molecule has 1 aromatic carbocycles. The quantitative estimate of drug-likeness (QED) is 0.767. The maximum absolute atomic E-state index is 11.9. The van der Waals surface area contributed by atoms with Crippen LogP contribution < -0.4 is 5.56 Å². The van der Waals surface area contributed by atoms with E-state index in [2.05, 4.69) is 45.3 Å². The summed E-state index contributed by atoms with van der Waals surface area (Å²) in [6.07, 6.45) is 2.07. The Bertz CT molecular complexity index is 969. The summed E-state index contributed by atoms with van der Waals surface area (Å²) in [5.41, 5.74) is 5.78. The summed E-state index contributed by atoms with van der Waals surface area (Å²) in [7, 11) is 4.04. The van der Waals surface area contributed by atoms with Gasteiger partial charge < -0.3 is 4.98 Å². The van der Waals surface area contributed by atoms with Crippen LogP contribution >= 0.6 is 0 Å². The minimum atomic E-state index is -0.0804. The summed E-state index contributed by atoms with van der Waals surface area (Å²) in [4.78, 5) is 21.5. The highest BCUT2D eigenvalue weighted by molar-refractivity contribution is 5.55. The van der Waals surface area contributed by atoms with Crippen LogP contribution in [0.3, 0.4) is 0 Å². The van der Waals surface area contributed by atoms with E-state index in [1.54, 1.807) is 6.92 Å². The van der Waals surface area contributed by atoms with Gasteiger partial charge in [0.25, 0.3) is 5.56 Å². The second kappa shape index (κ2) is 7.25. The van der Waals surface area contributed by atoms with E-state index in [-0.39, 0.29) is 5.56 Å². The van der Waals surface area contributed by atoms with E-state index in [0.717, 1.165) is 30.0 Å². The molecule has 3 aromatic rings. The fourth-order valence-electron chi connectivity index (χ4n) is 3.01. The van der Waals surface area contributed by atoms with Gasteiger partial charge in [0.15, 0.2) is 0 Å². The lowest BCUT2D eigenvalue weighted by molar-refractivity contribution is 0.318. The Morgan fingerprint density at radius 3 is 2.35 bits per heavy atom. The number of aromatic nitrogens is 4. The molecule has 6 heteroatoms. The first-order chi connectivity index (χ1) is 12.3. The minimum Gasteiger partial charge on any atom is -0.306 e. The van der Waals surface area contributed by atoms with E-state index in [1.165, 1.54) is 11.1 Å². The van der Waals surface area contributed by atoms with Gasteiger partial charge in [-0.2, -0.15) is 5.10 Å². The lowest BCUT2D eigenvalue weighted by Crippen LogP contribution is -2.17. The van der Waals surface area contributed by atoms with Crippen LogP contribution in [0.15, 0.2) is 35.3 Å². The molecule has 6 nitrogen and oxygen atoms in total. The number of H-pyrrole nitrogens is 1. The average molecular weight is 351 g/mol. The van der Waals surface area contributed by atoms with Crippen molar-refractivity contribution in [1.82, 2.24) is 24.6 Å². The van der Waals surface area contributed by atoms with Crippen LogP contribution in [0.4, 0.5) is 0 Å². The van der Waals surface area contributed by atoms with Gasteiger partial charge in [-0.25, -0.2) is 4.98 Å². The highest BCUT2D eigenvalue weighted by Crippen LogP contribution is 2.17. The number of aromatic amines is 1. The predicted octanol–water partition coefficient (Wildman–Crippen LogP) is 2.73. The van der Waals surface area contributed by atoms with E-state index in [9.17, 15) is 4.79 Å². The maximum Gasteiger partial charge on any atom is 0.254 e. The van der Waals surface area contributed by atoms with Crippen molar-refractivity contribution >= 4 is 0 Å². The zero-order chi connectivity index (χ0) is 18.8. The second-order valence-corrected chi connectivity index (χ2v) is 6.91. The van der Waals surface area contributed by atoms with Gasteiger partial charge in [0, 0.05) is 48.7 Å². The third kappa shape index (κ3) is 3.91. The van der Waals surface area contributed by atoms with Crippen molar-refractivity contribution in [3.63, 3.8) is 0 Å². The average Bonchev–Trinajstić information content (AvgIpc) is 2.90. The third-order valence-corrected chi connectivity index (χ3v) is 4.63. The fourth-order valence-corrected chi connectivity index (χ4v) is 3.01. The molecule has 0 unspecified atom stereocenters. The second-order valence-electron chi connectivity index (χ2n) is 6.91. The van der Waals surface area contributed by atoms with Crippen molar-refractivity contribution in [2.24, 2.45) is 7.05 Å². The molecule has 0 aliphatic carbocycles. The van der Waals surface area contributed by atoms with Gasteiger partial charge in [0.1, 0.15) is 5.82 Å². The molecule has 0 radical (unpaired) electrons. The Kier molecular flexibility index (Phi) is 5.04. The van der Waals surface area contributed by atoms with Crippen LogP contribution in [-0.4, -0.2) is 31.7 Å². The number of rotatable bonds is 5. The first kappa shape index (κ1) is 18.1. The largest absolute Gasteiger partial charge is 0.306 e. The topological polar surface area (TPSA) is 66.8 Å². The third-order valence-electron chi connectivity index (χ3n) is 4.63. The van der Waals surface area contributed by atoms with Crippen LogP contribution in [0.2, 0.25) is 0 Å². The molecule has 0 atom stereocenters. The van der Waals surface area contributed by atoms with Gasteiger partial charge in [-0.3, -0.25) is 14.4 Å². The molecule has 0 bridgehead atoms. The number of nitrogens with one attached hydrogen (secondary N) is 1. The molecule has 2 aromatic heterocycles. The number of hydrogen-bond acceptors (Lipinski definition) is 4. The summed E-state index contributed by atoms with van der Waals surface area (Å²) >= 11 is 0. The van der Waals surface area contributed by atoms with Crippen LogP contribution in [-0.2, 0) is 20.1 Å². The van der Waals surface area contributed by atoms with Crippen LogP contribution in [0.25, 0.3) is 11.4 Å². The lowest BCUT2D eigenvalue weighted by Gasteiger charge is -2.16. The molecular weight excluding hydrogens is 326 g/mol. The van der Waals surface area contributed by atoms with E-state index in [4.69, 9.17) is 0 Å². The first-order valence-corrected chi connectivity index (χ1v) is 8.68. The molecule has 26 heavy (non-hydrogen) atoms. The molecule has 2 heterocycles.